The van der Waals surface area contributed by atoms with Crippen molar-refractivity contribution in [3.05, 3.63) is 64.7 Å². The molecule has 0 bridgehead atoms. The van der Waals surface area contributed by atoms with Crippen LogP contribution < -0.4 is 15.2 Å². The quantitative estimate of drug-likeness (QED) is 0.584. The maximum Gasteiger partial charge on any atom is 0.265 e. The van der Waals surface area contributed by atoms with Crippen LogP contribution in [0.3, 0.4) is 0 Å². The molecule has 9 nitrogen and oxygen atoms in total. The molecular formula is C25H26N4O5. The molecule has 0 spiro atoms. The molecule has 2 aliphatic rings. The summed E-state index contributed by atoms with van der Waals surface area (Å²) in [5.41, 5.74) is 1.11. The van der Waals surface area contributed by atoms with Crippen LogP contribution in [0.25, 0.3) is 10.9 Å². The molecule has 3 aromatic rings. The molecule has 0 radical (unpaired) electrons. The van der Waals surface area contributed by atoms with Crippen molar-refractivity contribution in [3.63, 3.8) is 0 Å². The number of morpholine rings is 1. The highest BCUT2D eigenvalue weighted by atomic mass is 16.5. The van der Waals surface area contributed by atoms with Gasteiger partial charge in [0.05, 0.1) is 36.3 Å². The van der Waals surface area contributed by atoms with E-state index in [-0.39, 0.29) is 30.3 Å². The zero-order valence-electron chi connectivity index (χ0n) is 19.0. The molecule has 2 aromatic carbocycles. The zero-order valence-corrected chi connectivity index (χ0v) is 19.0. The molecule has 1 aromatic heterocycles. The minimum Gasteiger partial charge on any atom is -0.476 e. The number of aromatic nitrogens is 2. The minimum absolute atomic E-state index is 0.135. The Kier molecular flexibility index (Phi) is 6.02. The summed E-state index contributed by atoms with van der Waals surface area (Å²) in [6.45, 7) is 2.15. The summed E-state index contributed by atoms with van der Waals surface area (Å²) in [4.78, 5) is 47.0. The van der Waals surface area contributed by atoms with Crippen LogP contribution in [-0.4, -0.2) is 65.2 Å². The number of carbonyl (C=O) groups excluding carboxylic acids is 2. The molecule has 2 amide bonds. The van der Waals surface area contributed by atoms with E-state index >= 15 is 0 Å². The Morgan fingerprint density at radius 3 is 2.62 bits per heavy atom. The van der Waals surface area contributed by atoms with Crippen LogP contribution in [0.4, 0.5) is 5.69 Å². The lowest BCUT2D eigenvalue weighted by atomic mass is 10.1. The average Bonchev–Trinajstić information content (AvgIpc) is 2.89. The van der Waals surface area contributed by atoms with E-state index < -0.39 is 6.10 Å². The van der Waals surface area contributed by atoms with Gasteiger partial charge in [-0.15, -0.1) is 0 Å². The second-order valence-corrected chi connectivity index (χ2v) is 8.43. The largest absolute Gasteiger partial charge is 0.476 e. The monoisotopic (exact) mass is 462 g/mol. The van der Waals surface area contributed by atoms with Crippen LogP contribution in [0.2, 0.25) is 0 Å². The predicted octanol–water partition coefficient (Wildman–Crippen LogP) is 1.52. The molecule has 1 atom stereocenters. The SMILES string of the molecule is Cn1c(CCC(=O)N2CC(C(=O)N3CCOCC3)Oc3ccccc32)nc2ccccc2c1=O. The third-order valence-electron chi connectivity index (χ3n) is 6.31. The molecule has 1 unspecified atom stereocenters. The molecule has 0 aliphatic carbocycles. The van der Waals surface area contributed by atoms with Crippen molar-refractivity contribution in [2.24, 2.45) is 7.05 Å². The van der Waals surface area contributed by atoms with Crippen molar-refractivity contribution in [2.45, 2.75) is 18.9 Å². The number of benzene rings is 2. The summed E-state index contributed by atoms with van der Waals surface area (Å²) in [7, 11) is 1.67. The van der Waals surface area contributed by atoms with Gasteiger partial charge in [0.15, 0.2) is 6.10 Å². The van der Waals surface area contributed by atoms with Gasteiger partial charge in [-0.25, -0.2) is 4.98 Å². The lowest BCUT2D eigenvalue weighted by Crippen LogP contribution is -2.54. The number of hydrogen-bond donors (Lipinski definition) is 0. The Bertz CT molecular complexity index is 1300. The molecule has 1 saturated heterocycles. The average molecular weight is 463 g/mol. The Balaban J connectivity index is 1.36. The van der Waals surface area contributed by atoms with Crippen LogP contribution in [0.5, 0.6) is 5.75 Å². The summed E-state index contributed by atoms with van der Waals surface area (Å²) < 4.78 is 12.8. The van der Waals surface area contributed by atoms with Crippen molar-refractivity contribution in [1.29, 1.82) is 0 Å². The van der Waals surface area contributed by atoms with Crippen molar-refractivity contribution < 1.29 is 19.1 Å². The maximum atomic E-state index is 13.3. The highest BCUT2D eigenvalue weighted by Crippen LogP contribution is 2.34. The predicted molar refractivity (Wildman–Crippen MR) is 126 cm³/mol. The van der Waals surface area contributed by atoms with Gasteiger partial charge in [0.1, 0.15) is 11.6 Å². The van der Waals surface area contributed by atoms with Crippen molar-refractivity contribution in [1.82, 2.24) is 14.5 Å². The third kappa shape index (κ3) is 4.14. The van der Waals surface area contributed by atoms with E-state index in [1.54, 1.807) is 41.1 Å². The number of amides is 2. The Morgan fingerprint density at radius 2 is 1.79 bits per heavy atom. The van der Waals surface area contributed by atoms with E-state index in [0.29, 0.717) is 60.9 Å². The molecule has 34 heavy (non-hydrogen) atoms. The van der Waals surface area contributed by atoms with Gasteiger partial charge in [-0.05, 0) is 24.3 Å². The van der Waals surface area contributed by atoms with E-state index in [1.165, 1.54) is 4.57 Å². The van der Waals surface area contributed by atoms with Crippen molar-refractivity contribution in [3.8, 4) is 5.75 Å². The number of anilines is 1. The van der Waals surface area contributed by atoms with Gasteiger partial charge in [0.2, 0.25) is 5.91 Å². The van der Waals surface area contributed by atoms with E-state index in [0.717, 1.165) is 0 Å². The molecule has 176 valence electrons. The highest BCUT2D eigenvalue weighted by Gasteiger charge is 2.36. The Hall–Kier alpha value is -3.72. The lowest BCUT2D eigenvalue weighted by molar-refractivity contribution is -0.142. The Labute approximate surface area is 196 Å². The number of aryl methyl sites for hydroxylation is 1. The van der Waals surface area contributed by atoms with Gasteiger partial charge in [0, 0.05) is 33.0 Å². The minimum atomic E-state index is -0.778. The molecule has 1 fully saturated rings. The fourth-order valence-corrected chi connectivity index (χ4v) is 4.43. The summed E-state index contributed by atoms with van der Waals surface area (Å²) in [6, 6.07) is 14.4. The van der Waals surface area contributed by atoms with E-state index in [9.17, 15) is 14.4 Å². The number of ether oxygens (including phenoxy) is 2. The standard InChI is InChI=1S/C25H26N4O5/c1-27-22(26-18-7-3-2-6-17(18)24(27)31)10-11-23(30)29-16-21(25(32)28-12-14-33-15-13-28)34-20-9-5-4-8-19(20)29/h2-9,21H,10-16H2,1H3. The maximum absolute atomic E-state index is 13.3. The number of nitrogens with zero attached hydrogens (tertiary/aromatic N) is 4. The smallest absolute Gasteiger partial charge is 0.265 e. The summed E-state index contributed by atoms with van der Waals surface area (Å²) in [5, 5.41) is 0.548. The van der Waals surface area contributed by atoms with Gasteiger partial charge < -0.3 is 19.3 Å². The molecule has 0 saturated carbocycles. The third-order valence-corrected chi connectivity index (χ3v) is 6.31. The topological polar surface area (TPSA) is 94.0 Å². The first-order chi connectivity index (χ1) is 16.5. The van der Waals surface area contributed by atoms with Gasteiger partial charge in [-0.1, -0.05) is 24.3 Å². The second kappa shape index (κ2) is 9.26. The first-order valence-corrected chi connectivity index (χ1v) is 11.4. The van der Waals surface area contributed by atoms with Crippen LogP contribution >= 0.6 is 0 Å². The van der Waals surface area contributed by atoms with Gasteiger partial charge in [-0.3, -0.25) is 19.0 Å². The molecule has 3 heterocycles. The summed E-state index contributed by atoms with van der Waals surface area (Å²) in [5.74, 6) is 0.747. The zero-order chi connectivity index (χ0) is 23.7. The lowest BCUT2D eigenvalue weighted by Gasteiger charge is -2.37. The number of para-hydroxylation sites is 3. The molecule has 2 aliphatic heterocycles. The van der Waals surface area contributed by atoms with E-state index in [4.69, 9.17) is 9.47 Å². The van der Waals surface area contributed by atoms with Gasteiger partial charge in [0.25, 0.3) is 11.5 Å². The van der Waals surface area contributed by atoms with Crippen LogP contribution in [0, 0.1) is 0 Å². The van der Waals surface area contributed by atoms with Crippen molar-refractivity contribution >= 4 is 28.4 Å². The van der Waals surface area contributed by atoms with Crippen molar-refractivity contribution in [2.75, 3.05) is 37.7 Å². The first kappa shape index (κ1) is 22.1. The number of rotatable bonds is 4. The van der Waals surface area contributed by atoms with E-state index in [1.807, 2.05) is 24.3 Å². The van der Waals surface area contributed by atoms with Gasteiger partial charge >= 0.3 is 0 Å². The number of hydrogen-bond acceptors (Lipinski definition) is 6. The van der Waals surface area contributed by atoms with Crippen LogP contribution in [0.1, 0.15) is 12.2 Å². The fraction of sp³-hybridized carbons (Fsp3) is 0.360. The van der Waals surface area contributed by atoms with Crippen LogP contribution in [0.15, 0.2) is 53.3 Å². The van der Waals surface area contributed by atoms with E-state index in [2.05, 4.69) is 4.98 Å². The second-order valence-electron chi connectivity index (χ2n) is 8.43. The Morgan fingerprint density at radius 1 is 1.06 bits per heavy atom. The van der Waals surface area contributed by atoms with Crippen LogP contribution in [-0.2, 0) is 27.8 Å². The normalized spacial score (nSPS) is 17.9. The number of fused-ring (bicyclic) bond motifs is 2. The molecular weight excluding hydrogens is 436 g/mol. The molecule has 9 heteroatoms. The highest BCUT2D eigenvalue weighted by molar-refractivity contribution is 5.97. The summed E-state index contributed by atoms with van der Waals surface area (Å²) >= 11 is 0. The summed E-state index contributed by atoms with van der Waals surface area (Å²) in [6.07, 6.45) is -0.331. The first-order valence-electron chi connectivity index (χ1n) is 11.4. The fourth-order valence-electron chi connectivity index (χ4n) is 4.43. The van der Waals surface area contributed by atoms with Gasteiger partial charge in [-0.2, -0.15) is 0 Å². The molecule has 5 rings (SSSR count). The number of carbonyl (C=O) groups is 2. The molecule has 0 N–H and O–H groups in total.